The van der Waals surface area contributed by atoms with Gasteiger partial charge in [0.25, 0.3) is 0 Å². The molecule has 0 spiro atoms. The van der Waals surface area contributed by atoms with Crippen LogP contribution in [0.5, 0.6) is 5.75 Å². The highest BCUT2D eigenvalue weighted by molar-refractivity contribution is 9.10. The third-order valence-electron chi connectivity index (χ3n) is 3.63. The number of hydrogen-bond donors (Lipinski definition) is 0. The van der Waals surface area contributed by atoms with Crippen molar-refractivity contribution in [3.8, 4) is 5.75 Å². The first-order chi connectivity index (χ1) is 12.6. The number of rotatable bonds is 7. The summed E-state index contributed by atoms with van der Waals surface area (Å²) in [7, 11) is 0. The summed E-state index contributed by atoms with van der Waals surface area (Å²) in [5.41, 5.74) is 1.20. The van der Waals surface area contributed by atoms with Crippen molar-refractivity contribution in [3.63, 3.8) is 0 Å². The van der Waals surface area contributed by atoms with Crippen LogP contribution in [0.2, 0.25) is 5.02 Å². The van der Waals surface area contributed by atoms with Gasteiger partial charge in [0.2, 0.25) is 0 Å². The zero-order valence-corrected chi connectivity index (χ0v) is 17.1. The smallest absolute Gasteiger partial charge is 0.191 e. The third kappa shape index (κ3) is 4.78. The number of nitrogens with zero attached hydrogens (tertiary/aromatic N) is 3. The molecule has 26 heavy (non-hydrogen) atoms. The Morgan fingerprint density at radius 1 is 1.23 bits per heavy atom. The molecule has 8 heteroatoms. The van der Waals surface area contributed by atoms with Crippen LogP contribution in [-0.2, 0) is 18.9 Å². The zero-order valence-electron chi connectivity index (χ0n) is 14.0. The standard InChI is InChI=1S/C18H16BrClFN3OS/c1-2-24-17(10-25-14-6-7-16(21)15(20)9-14)22-23-18(24)26-11-12-4-3-5-13(19)8-12/h3-9H,2,10-11H2,1H3. The van der Waals surface area contributed by atoms with Crippen LogP contribution in [0.1, 0.15) is 18.3 Å². The lowest BCUT2D eigenvalue weighted by molar-refractivity contribution is 0.288. The van der Waals surface area contributed by atoms with Crippen molar-refractivity contribution < 1.29 is 9.13 Å². The van der Waals surface area contributed by atoms with Crippen LogP contribution in [0.25, 0.3) is 0 Å². The predicted octanol–water partition coefficient (Wildman–Crippen LogP) is 5.72. The van der Waals surface area contributed by atoms with Gasteiger partial charge < -0.3 is 9.30 Å². The predicted molar refractivity (Wildman–Crippen MR) is 105 cm³/mol. The van der Waals surface area contributed by atoms with E-state index in [1.54, 1.807) is 11.8 Å². The SMILES string of the molecule is CCn1c(COc2ccc(F)c(Cl)c2)nnc1SCc1cccc(Br)c1. The average Bonchev–Trinajstić information content (AvgIpc) is 3.03. The highest BCUT2D eigenvalue weighted by Gasteiger charge is 2.12. The molecule has 3 rings (SSSR count). The van der Waals surface area contributed by atoms with Gasteiger partial charge in [0.05, 0.1) is 5.02 Å². The second kappa shape index (κ2) is 8.88. The molecule has 0 aliphatic carbocycles. The molecule has 1 heterocycles. The van der Waals surface area contributed by atoms with Crippen molar-refractivity contribution in [2.75, 3.05) is 0 Å². The number of hydrogen-bond acceptors (Lipinski definition) is 4. The molecule has 1 aromatic heterocycles. The van der Waals surface area contributed by atoms with Crippen molar-refractivity contribution in [2.24, 2.45) is 0 Å². The number of aromatic nitrogens is 3. The van der Waals surface area contributed by atoms with E-state index in [0.29, 0.717) is 11.6 Å². The van der Waals surface area contributed by atoms with Crippen molar-refractivity contribution in [2.45, 2.75) is 31.0 Å². The summed E-state index contributed by atoms with van der Waals surface area (Å²) in [6.07, 6.45) is 0. The van der Waals surface area contributed by atoms with Gasteiger partial charge in [-0.25, -0.2) is 4.39 Å². The number of thioether (sulfide) groups is 1. The van der Waals surface area contributed by atoms with Crippen LogP contribution in [0.4, 0.5) is 4.39 Å². The highest BCUT2D eigenvalue weighted by atomic mass is 79.9. The van der Waals surface area contributed by atoms with E-state index in [1.807, 2.05) is 23.6 Å². The van der Waals surface area contributed by atoms with Crippen molar-refractivity contribution in [1.29, 1.82) is 0 Å². The zero-order chi connectivity index (χ0) is 18.5. The number of ether oxygens (including phenoxy) is 1. The average molecular weight is 457 g/mol. The summed E-state index contributed by atoms with van der Waals surface area (Å²) >= 11 is 10.9. The van der Waals surface area contributed by atoms with Crippen LogP contribution in [0.3, 0.4) is 0 Å². The van der Waals surface area contributed by atoms with E-state index in [9.17, 15) is 4.39 Å². The molecular formula is C18H16BrClFN3OS. The van der Waals surface area contributed by atoms with E-state index in [1.165, 1.54) is 23.8 Å². The fourth-order valence-electron chi connectivity index (χ4n) is 2.34. The number of benzene rings is 2. The van der Waals surface area contributed by atoms with Gasteiger partial charge in [-0.3, -0.25) is 0 Å². The van der Waals surface area contributed by atoms with Gasteiger partial charge in [-0.1, -0.05) is 51.4 Å². The monoisotopic (exact) mass is 455 g/mol. The van der Waals surface area contributed by atoms with Crippen LogP contribution in [0.15, 0.2) is 52.1 Å². The van der Waals surface area contributed by atoms with Crippen LogP contribution >= 0.6 is 39.3 Å². The van der Waals surface area contributed by atoms with Crippen molar-refractivity contribution in [3.05, 3.63) is 69.2 Å². The molecule has 136 valence electrons. The van der Waals surface area contributed by atoms with E-state index < -0.39 is 5.82 Å². The molecule has 0 saturated heterocycles. The first kappa shape index (κ1) is 19.2. The Kier molecular flexibility index (Phi) is 6.56. The summed E-state index contributed by atoms with van der Waals surface area (Å²) in [6.45, 7) is 3.00. The Morgan fingerprint density at radius 2 is 2.08 bits per heavy atom. The Morgan fingerprint density at radius 3 is 2.81 bits per heavy atom. The second-order valence-corrected chi connectivity index (χ2v) is 7.69. The third-order valence-corrected chi connectivity index (χ3v) is 5.45. The summed E-state index contributed by atoms with van der Waals surface area (Å²) in [4.78, 5) is 0. The molecule has 4 nitrogen and oxygen atoms in total. The Balaban J connectivity index is 1.66. The van der Waals surface area contributed by atoms with Gasteiger partial charge in [-0.15, -0.1) is 10.2 Å². The molecule has 0 unspecified atom stereocenters. The van der Waals surface area contributed by atoms with Crippen LogP contribution < -0.4 is 4.74 Å². The van der Waals surface area contributed by atoms with Crippen molar-refractivity contribution >= 4 is 39.3 Å². The molecule has 0 aliphatic heterocycles. The van der Waals surface area contributed by atoms with E-state index in [0.717, 1.165) is 21.9 Å². The Labute approximate surface area is 168 Å². The molecule has 0 bridgehead atoms. The molecule has 2 aromatic carbocycles. The minimum Gasteiger partial charge on any atom is -0.486 e. The molecule has 0 radical (unpaired) electrons. The van der Waals surface area contributed by atoms with Gasteiger partial charge in [0.1, 0.15) is 18.2 Å². The summed E-state index contributed by atoms with van der Waals surface area (Å²) < 4.78 is 21.9. The quantitative estimate of drug-likeness (QED) is 0.426. The van der Waals surface area contributed by atoms with Crippen LogP contribution in [0, 0.1) is 5.82 Å². The van der Waals surface area contributed by atoms with E-state index in [4.69, 9.17) is 16.3 Å². The van der Waals surface area contributed by atoms with E-state index in [-0.39, 0.29) is 11.6 Å². The summed E-state index contributed by atoms with van der Waals surface area (Å²) in [5.74, 6) is 1.53. The van der Waals surface area contributed by atoms with Gasteiger partial charge >= 0.3 is 0 Å². The topological polar surface area (TPSA) is 39.9 Å². The molecule has 0 atom stereocenters. The first-order valence-corrected chi connectivity index (χ1v) is 10.1. The Hall–Kier alpha value is -1.57. The first-order valence-electron chi connectivity index (χ1n) is 7.94. The largest absolute Gasteiger partial charge is 0.486 e. The molecule has 0 N–H and O–H groups in total. The van der Waals surface area contributed by atoms with Gasteiger partial charge in [-0.05, 0) is 36.8 Å². The summed E-state index contributed by atoms with van der Waals surface area (Å²) in [5, 5.41) is 9.36. The maximum atomic E-state index is 13.2. The van der Waals surface area contributed by atoms with Gasteiger partial charge in [0, 0.05) is 22.8 Å². The minimum atomic E-state index is -0.470. The number of halogens is 3. The lowest BCUT2D eigenvalue weighted by atomic mass is 10.2. The fourth-order valence-corrected chi connectivity index (χ4v) is 3.92. The molecule has 0 amide bonds. The van der Waals surface area contributed by atoms with E-state index >= 15 is 0 Å². The van der Waals surface area contributed by atoms with E-state index in [2.05, 4.69) is 38.3 Å². The van der Waals surface area contributed by atoms with Crippen molar-refractivity contribution in [1.82, 2.24) is 14.8 Å². The van der Waals surface area contributed by atoms with Gasteiger partial charge in [0.15, 0.2) is 11.0 Å². The summed E-state index contributed by atoms with van der Waals surface area (Å²) in [6, 6.07) is 12.4. The molecule has 0 aliphatic rings. The maximum Gasteiger partial charge on any atom is 0.191 e. The molecule has 3 aromatic rings. The second-order valence-electron chi connectivity index (χ2n) is 5.43. The minimum absolute atomic E-state index is 0.0322. The van der Waals surface area contributed by atoms with Gasteiger partial charge in [-0.2, -0.15) is 0 Å². The molecular weight excluding hydrogens is 441 g/mol. The lowest BCUT2D eigenvalue weighted by Crippen LogP contribution is -2.07. The Bertz CT molecular complexity index is 906. The lowest BCUT2D eigenvalue weighted by Gasteiger charge is -2.09. The normalized spacial score (nSPS) is 10.9. The molecule has 0 fully saturated rings. The maximum absolute atomic E-state index is 13.2. The molecule has 0 saturated carbocycles. The van der Waals surface area contributed by atoms with Crippen LogP contribution in [-0.4, -0.2) is 14.8 Å². The highest BCUT2D eigenvalue weighted by Crippen LogP contribution is 2.25. The fraction of sp³-hybridized carbons (Fsp3) is 0.222.